The van der Waals surface area contributed by atoms with E-state index in [9.17, 15) is 18.8 Å². The van der Waals surface area contributed by atoms with E-state index in [2.05, 4.69) is 0 Å². The first-order chi connectivity index (χ1) is 18.1. The molecule has 0 aromatic heterocycles. The molecule has 38 heavy (non-hydrogen) atoms. The highest BCUT2D eigenvalue weighted by atomic mass is 19.2. The summed E-state index contributed by atoms with van der Waals surface area (Å²) in [6, 6.07) is 15.8. The molecule has 0 N–H and O–H groups in total. The van der Waals surface area contributed by atoms with E-state index in [4.69, 9.17) is 14.7 Å². The SMILES string of the molecule is CC(C)CC(CC(C)C)OC(=O)c1cccc(-c2ccccc2)c1Oc1c(F)c(F)c(C#N)c(C#N)c1F. The highest BCUT2D eigenvalue weighted by Gasteiger charge is 2.30. The minimum atomic E-state index is -1.79. The molecule has 0 unspecified atom stereocenters. The molecule has 0 aliphatic carbocycles. The van der Waals surface area contributed by atoms with Crippen molar-refractivity contribution in [1.29, 1.82) is 10.5 Å². The molecule has 0 spiro atoms. The number of esters is 1. The zero-order chi connectivity index (χ0) is 28.0. The molecule has 0 saturated heterocycles. The van der Waals surface area contributed by atoms with Gasteiger partial charge in [-0.2, -0.15) is 14.9 Å². The van der Waals surface area contributed by atoms with Gasteiger partial charge in [-0.3, -0.25) is 0 Å². The number of ether oxygens (including phenoxy) is 2. The molecule has 5 nitrogen and oxygen atoms in total. The molecular formula is C30H27F3N2O3. The number of nitriles is 2. The molecular weight excluding hydrogens is 493 g/mol. The van der Waals surface area contributed by atoms with Gasteiger partial charge in [0, 0.05) is 5.56 Å². The number of halogens is 3. The topological polar surface area (TPSA) is 83.1 Å². The van der Waals surface area contributed by atoms with Crippen LogP contribution in [-0.4, -0.2) is 12.1 Å². The number of carbonyl (C=O) groups excluding carboxylic acids is 1. The lowest BCUT2D eigenvalue weighted by Crippen LogP contribution is -2.22. The van der Waals surface area contributed by atoms with Crippen LogP contribution >= 0.6 is 0 Å². The molecule has 0 aliphatic rings. The van der Waals surface area contributed by atoms with Crippen LogP contribution in [0.2, 0.25) is 0 Å². The zero-order valence-electron chi connectivity index (χ0n) is 21.5. The van der Waals surface area contributed by atoms with Gasteiger partial charge in [-0.15, -0.1) is 0 Å². The van der Waals surface area contributed by atoms with Crippen molar-refractivity contribution in [3.63, 3.8) is 0 Å². The van der Waals surface area contributed by atoms with Crippen molar-refractivity contribution < 1.29 is 27.4 Å². The molecule has 0 saturated carbocycles. The lowest BCUT2D eigenvalue weighted by molar-refractivity contribution is 0.0198. The van der Waals surface area contributed by atoms with E-state index in [1.54, 1.807) is 42.5 Å². The van der Waals surface area contributed by atoms with E-state index in [-0.39, 0.29) is 28.7 Å². The smallest absolute Gasteiger partial charge is 0.342 e. The molecule has 0 heterocycles. The van der Waals surface area contributed by atoms with Crippen LogP contribution in [0.5, 0.6) is 11.5 Å². The number of benzene rings is 3. The van der Waals surface area contributed by atoms with Crippen molar-refractivity contribution >= 4 is 5.97 Å². The molecule has 0 bridgehead atoms. The van der Waals surface area contributed by atoms with Gasteiger partial charge in [-0.25, -0.2) is 13.6 Å². The van der Waals surface area contributed by atoms with Crippen molar-refractivity contribution in [2.75, 3.05) is 0 Å². The van der Waals surface area contributed by atoms with Crippen LogP contribution in [0.15, 0.2) is 48.5 Å². The van der Waals surface area contributed by atoms with Crippen LogP contribution in [0.25, 0.3) is 11.1 Å². The summed E-state index contributed by atoms with van der Waals surface area (Å²) in [5.74, 6) is -6.88. The Labute approximate surface area is 220 Å². The van der Waals surface area contributed by atoms with Crippen LogP contribution in [0.1, 0.15) is 62.0 Å². The van der Waals surface area contributed by atoms with E-state index >= 15 is 4.39 Å². The first-order valence-corrected chi connectivity index (χ1v) is 12.2. The number of hydrogen-bond acceptors (Lipinski definition) is 5. The molecule has 0 radical (unpaired) electrons. The Balaban J connectivity index is 2.19. The quantitative estimate of drug-likeness (QED) is 0.211. The van der Waals surface area contributed by atoms with E-state index in [0.717, 1.165) is 0 Å². The van der Waals surface area contributed by atoms with Gasteiger partial charge in [-0.05, 0) is 36.3 Å². The fourth-order valence-corrected chi connectivity index (χ4v) is 4.15. The molecule has 3 aromatic rings. The van der Waals surface area contributed by atoms with Gasteiger partial charge in [0.25, 0.3) is 0 Å². The number of hydrogen-bond donors (Lipinski definition) is 0. The predicted molar refractivity (Wildman–Crippen MR) is 136 cm³/mol. The minimum absolute atomic E-state index is 0.133. The summed E-state index contributed by atoms with van der Waals surface area (Å²) in [5, 5.41) is 18.4. The van der Waals surface area contributed by atoms with Crippen LogP contribution in [0.4, 0.5) is 13.2 Å². The van der Waals surface area contributed by atoms with Crippen LogP contribution in [-0.2, 0) is 4.74 Å². The lowest BCUT2D eigenvalue weighted by atomic mass is 9.97. The normalized spacial score (nSPS) is 10.9. The first-order valence-electron chi connectivity index (χ1n) is 12.2. The maximum absolute atomic E-state index is 15.2. The number of rotatable bonds is 9. The number of nitrogens with zero attached hydrogens (tertiary/aromatic N) is 2. The monoisotopic (exact) mass is 520 g/mol. The van der Waals surface area contributed by atoms with Crippen molar-refractivity contribution in [3.8, 4) is 34.8 Å². The second-order valence-corrected chi connectivity index (χ2v) is 9.68. The standard InChI is InChI=1S/C30H27F3N2O3/c1-17(2)13-20(14-18(3)4)37-30(36)22-12-8-11-21(19-9-6-5-7-10-19)28(22)38-29-26(32)24(16-35)23(15-34)25(31)27(29)33/h5-12,17-18,20H,13-14H2,1-4H3. The molecule has 0 atom stereocenters. The molecule has 3 aromatic carbocycles. The largest absolute Gasteiger partial charge is 0.459 e. The predicted octanol–water partition coefficient (Wildman–Crippen LogP) is 7.92. The summed E-state index contributed by atoms with van der Waals surface area (Å²) in [7, 11) is 0. The fourth-order valence-electron chi connectivity index (χ4n) is 4.15. The number of carbonyl (C=O) groups is 1. The van der Waals surface area contributed by atoms with Gasteiger partial charge in [0.2, 0.25) is 11.6 Å². The first kappa shape index (κ1) is 28.3. The third-order valence-electron chi connectivity index (χ3n) is 5.77. The Morgan fingerprint density at radius 2 is 1.37 bits per heavy atom. The minimum Gasteiger partial charge on any atom is -0.459 e. The summed E-state index contributed by atoms with van der Waals surface area (Å²) >= 11 is 0. The second-order valence-electron chi connectivity index (χ2n) is 9.68. The molecule has 0 aliphatic heterocycles. The summed E-state index contributed by atoms with van der Waals surface area (Å²) in [6.45, 7) is 8.01. The average molecular weight is 521 g/mol. The number of para-hydroxylation sites is 1. The van der Waals surface area contributed by atoms with Crippen molar-refractivity contribution in [1.82, 2.24) is 0 Å². The zero-order valence-corrected chi connectivity index (χ0v) is 21.5. The maximum Gasteiger partial charge on any atom is 0.342 e. The van der Waals surface area contributed by atoms with Crippen LogP contribution in [0, 0.1) is 51.9 Å². The molecule has 196 valence electrons. The van der Waals surface area contributed by atoms with Crippen LogP contribution in [0.3, 0.4) is 0 Å². The van der Waals surface area contributed by atoms with E-state index in [1.165, 1.54) is 18.2 Å². The maximum atomic E-state index is 15.2. The van der Waals surface area contributed by atoms with Gasteiger partial charge in [0.05, 0.1) is 0 Å². The van der Waals surface area contributed by atoms with E-state index < -0.39 is 46.4 Å². The van der Waals surface area contributed by atoms with Gasteiger partial charge in [-0.1, -0.05) is 70.2 Å². The average Bonchev–Trinajstić information content (AvgIpc) is 2.88. The van der Waals surface area contributed by atoms with Gasteiger partial charge < -0.3 is 9.47 Å². The third-order valence-corrected chi connectivity index (χ3v) is 5.77. The Morgan fingerprint density at radius 1 is 0.789 bits per heavy atom. The second kappa shape index (κ2) is 12.3. The fraction of sp³-hybridized carbons (Fsp3) is 0.300. The third kappa shape index (κ3) is 6.15. The Kier molecular flexibility index (Phi) is 9.15. The summed E-state index contributed by atoms with van der Waals surface area (Å²) < 4.78 is 56.2. The highest BCUT2D eigenvalue weighted by molar-refractivity contribution is 5.96. The van der Waals surface area contributed by atoms with E-state index in [1.807, 2.05) is 27.7 Å². The van der Waals surface area contributed by atoms with Crippen LogP contribution < -0.4 is 4.74 Å². The summed E-state index contributed by atoms with van der Waals surface area (Å²) in [4.78, 5) is 13.4. The highest BCUT2D eigenvalue weighted by Crippen LogP contribution is 2.40. The Morgan fingerprint density at radius 3 is 1.92 bits per heavy atom. The van der Waals surface area contributed by atoms with Gasteiger partial charge in [0.15, 0.2) is 11.6 Å². The molecule has 3 rings (SSSR count). The van der Waals surface area contributed by atoms with Gasteiger partial charge in [0.1, 0.15) is 40.7 Å². The van der Waals surface area contributed by atoms with Gasteiger partial charge >= 0.3 is 5.97 Å². The molecule has 8 heteroatoms. The Hall–Kier alpha value is -4.30. The Bertz CT molecular complexity index is 1400. The molecule has 0 fully saturated rings. The van der Waals surface area contributed by atoms with Crippen molar-refractivity contribution in [3.05, 3.63) is 82.7 Å². The van der Waals surface area contributed by atoms with Crippen molar-refractivity contribution in [2.45, 2.75) is 46.6 Å². The van der Waals surface area contributed by atoms with E-state index in [0.29, 0.717) is 18.4 Å². The summed E-state index contributed by atoms with van der Waals surface area (Å²) in [5.41, 5.74) is -1.38. The van der Waals surface area contributed by atoms with Crippen molar-refractivity contribution in [2.24, 2.45) is 11.8 Å². The molecule has 0 amide bonds. The summed E-state index contributed by atoms with van der Waals surface area (Å²) in [6.07, 6.45) is 0.795. The lowest BCUT2D eigenvalue weighted by Gasteiger charge is -2.23.